The molecule has 0 aromatic heterocycles. The van der Waals surface area contributed by atoms with E-state index >= 15 is 0 Å². The average Bonchev–Trinajstić information content (AvgIpc) is 3.29. The summed E-state index contributed by atoms with van der Waals surface area (Å²) in [7, 11) is -4.66. The van der Waals surface area contributed by atoms with E-state index in [2.05, 4.69) is 16.0 Å². The van der Waals surface area contributed by atoms with Crippen molar-refractivity contribution in [1.29, 1.82) is 0 Å². The number of hydrogen-bond donors (Lipinski definition) is 3. The van der Waals surface area contributed by atoms with Gasteiger partial charge in [0.25, 0.3) is 5.91 Å². The maximum absolute atomic E-state index is 14.4. The third-order valence-electron chi connectivity index (χ3n) is 9.49. The molecule has 3 N–H and O–H groups in total. The molecule has 0 radical (unpaired) electrons. The minimum atomic E-state index is -4.66. The van der Waals surface area contributed by atoms with Gasteiger partial charge in [-0.3, -0.25) is 38.5 Å². The van der Waals surface area contributed by atoms with Crippen LogP contribution in [-0.4, -0.2) is 119 Å². The fourth-order valence-corrected chi connectivity index (χ4v) is 8.98. The van der Waals surface area contributed by atoms with Gasteiger partial charge in [-0.25, -0.2) is 18.0 Å². The van der Waals surface area contributed by atoms with Gasteiger partial charge in [0, 0.05) is 33.5 Å². The molecule has 0 spiro atoms. The number of amides is 7. The van der Waals surface area contributed by atoms with Gasteiger partial charge in [0.05, 0.1) is 0 Å². The first kappa shape index (κ1) is 40.8. The highest BCUT2D eigenvalue weighted by molar-refractivity contribution is 7.94. The molecular weight excluding hydrogens is 760 g/mol. The van der Waals surface area contributed by atoms with Crippen LogP contribution in [0.4, 0.5) is 4.79 Å². The van der Waals surface area contributed by atoms with Gasteiger partial charge < -0.3 is 40.0 Å². The van der Waals surface area contributed by atoms with E-state index in [1.807, 2.05) is 0 Å². The molecule has 5 rings (SSSR count). The normalized spacial score (nSPS) is 22.5. The Morgan fingerprint density at radius 1 is 0.929 bits per heavy atom. The van der Waals surface area contributed by atoms with E-state index in [1.54, 1.807) is 37.3 Å². The van der Waals surface area contributed by atoms with Crippen molar-refractivity contribution < 1.29 is 65.8 Å². The van der Waals surface area contributed by atoms with Crippen LogP contribution in [0, 0.1) is 0 Å². The largest absolute Gasteiger partial charge is 0.459 e. The van der Waals surface area contributed by atoms with E-state index in [0.717, 1.165) is 32.0 Å². The number of benzene rings is 2. The molecule has 0 saturated carbocycles. The minimum absolute atomic E-state index is 0.0417. The number of urea groups is 1. The van der Waals surface area contributed by atoms with Crippen molar-refractivity contribution in [1.82, 2.24) is 30.7 Å². The zero-order valence-corrected chi connectivity index (χ0v) is 31.5. The third kappa shape index (κ3) is 7.11. The first-order chi connectivity index (χ1) is 26.3. The van der Waals surface area contributed by atoms with Crippen molar-refractivity contribution in [3.05, 3.63) is 59.7 Å². The second-order valence-corrected chi connectivity index (χ2v) is 16.0. The number of ether oxygens (including phenoxy) is 3. The Hall–Kier alpha value is -6.38. The Labute approximate surface area is 319 Å². The lowest BCUT2D eigenvalue weighted by Gasteiger charge is -2.51. The van der Waals surface area contributed by atoms with Crippen molar-refractivity contribution >= 4 is 63.8 Å². The van der Waals surface area contributed by atoms with E-state index in [1.165, 1.54) is 18.7 Å². The van der Waals surface area contributed by atoms with Crippen LogP contribution < -0.4 is 25.4 Å². The number of nitrogens with zero attached hydrogens (tertiary/aromatic N) is 3. The van der Waals surface area contributed by atoms with E-state index in [9.17, 15) is 51.6 Å². The Bertz CT molecular complexity index is 2130. The van der Waals surface area contributed by atoms with Crippen LogP contribution in [-0.2, 0) is 59.5 Å². The Morgan fingerprint density at radius 3 is 2.18 bits per heavy atom. The first-order valence-corrected chi connectivity index (χ1v) is 18.6. The van der Waals surface area contributed by atoms with Crippen molar-refractivity contribution in [2.75, 3.05) is 19.6 Å². The molecule has 3 aliphatic heterocycles. The summed E-state index contributed by atoms with van der Waals surface area (Å²) in [4.78, 5) is 119. The average molecular weight is 799 g/mol. The number of carbonyl (C=O) groups excluding carboxylic acids is 9. The number of likely N-dealkylation sites (N-methyl/N-ethyl adjacent to an activating group) is 1. The lowest BCUT2D eigenvalue weighted by molar-refractivity contribution is -0.174. The predicted octanol–water partition coefficient (Wildman–Crippen LogP) is -0.976. The quantitative estimate of drug-likeness (QED) is 0.0583. The first-order valence-electron chi connectivity index (χ1n) is 17.0. The highest BCUT2D eigenvalue weighted by atomic mass is 32.2. The summed E-state index contributed by atoms with van der Waals surface area (Å²) in [6, 6.07) is 6.68. The molecule has 2 aromatic rings. The standard InChI is InChI=1S/C35H38N6O14S/c1-6-39-14-15-40(29(47)28(39)46)33(50)37-25(22-12-13-23(54-19(2)43)24(16-22)55-20(3)44)27(45)38-35(36-18-42)31(49)41-26(34(4,5)56(51,52)32(35)41)30(48)53-17-21-10-8-7-9-11-21/h7-13,16,18,25-26,32H,6,14-15,17H2,1-5H3,(H,36,42)(H,37,50)(H,38,45)/t25?,26-,32+,35+/m0/s1. The molecule has 7 amide bonds. The number of nitrogens with one attached hydrogen (secondary N) is 3. The van der Waals surface area contributed by atoms with Gasteiger partial charge in [-0.15, -0.1) is 0 Å². The van der Waals surface area contributed by atoms with Gasteiger partial charge in [0.15, 0.2) is 32.8 Å². The number of fused-ring (bicyclic) bond motifs is 1. The lowest BCUT2D eigenvalue weighted by Crippen LogP contribution is -2.86. The van der Waals surface area contributed by atoms with Crippen LogP contribution in [0.15, 0.2) is 48.5 Å². The van der Waals surface area contributed by atoms with E-state index in [4.69, 9.17) is 14.2 Å². The van der Waals surface area contributed by atoms with Crippen LogP contribution in [0.25, 0.3) is 0 Å². The zero-order chi connectivity index (χ0) is 41.3. The van der Waals surface area contributed by atoms with Crippen LogP contribution >= 0.6 is 0 Å². The number of imide groups is 1. The molecule has 3 heterocycles. The summed E-state index contributed by atoms with van der Waals surface area (Å²) >= 11 is 0. The Morgan fingerprint density at radius 2 is 1.57 bits per heavy atom. The molecular formula is C35H38N6O14S. The van der Waals surface area contributed by atoms with Crippen LogP contribution in [0.1, 0.15) is 51.8 Å². The summed E-state index contributed by atoms with van der Waals surface area (Å²) in [5.41, 5.74) is -2.42. The molecule has 20 nitrogen and oxygen atoms in total. The summed E-state index contributed by atoms with van der Waals surface area (Å²) in [5.74, 6) is -8.31. The van der Waals surface area contributed by atoms with Crippen molar-refractivity contribution in [3.63, 3.8) is 0 Å². The third-order valence-corrected chi connectivity index (χ3v) is 12.3. The molecule has 56 heavy (non-hydrogen) atoms. The van der Waals surface area contributed by atoms with Gasteiger partial charge in [-0.05, 0) is 44.0 Å². The molecule has 0 aliphatic carbocycles. The molecule has 3 fully saturated rings. The summed E-state index contributed by atoms with van der Waals surface area (Å²) < 4.78 is 41.9. The van der Waals surface area contributed by atoms with E-state index < -0.39 is 91.0 Å². The van der Waals surface area contributed by atoms with Gasteiger partial charge >= 0.3 is 35.8 Å². The number of β-lactam (4-membered cyclic amide) rings is 1. The molecule has 3 saturated heterocycles. The predicted molar refractivity (Wildman–Crippen MR) is 188 cm³/mol. The molecule has 0 bridgehead atoms. The van der Waals surface area contributed by atoms with Crippen molar-refractivity contribution in [3.8, 4) is 11.5 Å². The second-order valence-electron chi connectivity index (χ2n) is 13.4. The summed E-state index contributed by atoms with van der Waals surface area (Å²) in [6.07, 6.45) is -0.0448. The highest BCUT2D eigenvalue weighted by Gasteiger charge is 2.79. The molecule has 21 heteroatoms. The number of hydrogen-bond acceptors (Lipinski definition) is 14. The molecule has 4 atom stereocenters. The molecule has 298 valence electrons. The zero-order valence-electron chi connectivity index (χ0n) is 30.7. The van der Waals surface area contributed by atoms with Crippen LogP contribution in [0.2, 0.25) is 0 Å². The molecule has 3 aliphatic rings. The molecule has 2 aromatic carbocycles. The minimum Gasteiger partial charge on any atom is -0.459 e. The maximum Gasteiger partial charge on any atom is 0.330 e. The van der Waals surface area contributed by atoms with Crippen molar-refractivity contribution in [2.24, 2.45) is 0 Å². The van der Waals surface area contributed by atoms with Gasteiger partial charge in [0.1, 0.15) is 17.4 Å². The van der Waals surface area contributed by atoms with Crippen LogP contribution in [0.5, 0.6) is 11.5 Å². The number of esters is 3. The fourth-order valence-electron chi connectivity index (χ4n) is 6.67. The van der Waals surface area contributed by atoms with Gasteiger partial charge in [-0.1, -0.05) is 36.4 Å². The SMILES string of the molecule is CCN1CCN(C(=O)NC(C(=O)N[C@]2(NC=O)C(=O)N3[C@@H](C(=O)OCc4ccccc4)C(C)(C)S(=O)(=O)[C@@H]32)c2ccc(OC(C)=O)c(OC(C)=O)c2)C(=O)C1=O. The summed E-state index contributed by atoms with van der Waals surface area (Å²) in [5, 5.41) is 4.52. The van der Waals surface area contributed by atoms with Crippen molar-refractivity contribution in [2.45, 2.75) is 69.1 Å². The smallest absolute Gasteiger partial charge is 0.330 e. The van der Waals surface area contributed by atoms with Crippen LogP contribution in [0.3, 0.4) is 0 Å². The molecule has 1 unspecified atom stereocenters. The fraction of sp³-hybridized carbons (Fsp3) is 0.400. The summed E-state index contributed by atoms with van der Waals surface area (Å²) in [6.45, 7) is 5.63. The Kier molecular flexibility index (Phi) is 11.2. The topological polar surface area (TPSA) is 261 Å². The number of piperazine rings is 1. The van der Waals surface area contributed by atoms with E-state index in [-0.39, 0.29) is 44.0 Å². The van der Waals surface area contributed by atoms with E-state index in [0.29, 0.717) is 15.4 Å². The maximum atomic E-state index is 14.4. The highest BCUT2D eigenvalue weighted by Crippen LogP contribution is 2.50. The number of rotatable bonds is 12. The Balaban J connectivity index is 1.53. The monoisotopic (exact) mass is 798 g/mol. The number of sulfone groups is 1. The second kappa shape index (κ2) is 15.4. The van der Waals surface area contributed by atoms with Gasteiger partial charge in [0.2, 0.25) is 18.0 Å². The lowest BCUT2D eigenvalue weighted by atomic mass is 9.90. The number of carbonyl (C=O) groups is 9. The van der Waals surface area contributed by atoms with Gasteiger partial charge in [-0.2, -0.15) is 0 Å².